The standard InChI is InChI=1S/C25H26O6/c26-21-20(31-24(29)23(28)22(21)27)16-30-25(17-10-4-1-5-11-17,18-12-6-2-7-13-18)19-14-8-3-9-15-19/h1-15,20-24,26-29H,16H2/t20-,21+,22+,23+,24?/m1/s1. The van der Waals surface area contributed by atoms with Crippen LogP contribution in [-0.2, 0) is 15.1 Å². The highest BCUT2D eigenvalue weighted by Gasteiger charge is 2.45. The van der Waals surface area contributed by atoms with Gasteiger partial charge in [-0.15, -0.1) is 0 Å². The maximum Gasteiger partial charge on any atom is 0.184 e. The quantitative estimate of drug-likeness (QED) is 0.452. The summed E-state index contributed by atoms with van der Waals surface area (Å²) in [5.41, 5.74) is 1.59. The zero-order chi connectivity index (χ0) is 21.8. The van der Waals surface area contributed by atoms with Gasteiger partial charge >= 0.3 is 0 Å². The molecule has 1 unspecified atom stereocenters. The first-order chi connectivity index (χ1) is 15.0. The topological polar surface area (TPSA) is 99.4 Å². The van der Waals surface area contributed by atoms with E-state index in [4.69, 9.17) is 9.47 Å². The molecular weight excluding hydrogens is 396 g/mol. The normalized spacial score (nSPS) is 26.5. The fraction of sp³-hybridized carbons (Fsp3) is 0.280. The lowest BCUT2D eigenvalue weighted by atomic mass is 9.80. The summed E-state index contributed by atoms with van der Waals surface area (Å²) in [6, 6.07) is 29.1. The molecule has 3 aromatic carbocycles. The van der Waals surface area contributed by atoms with Crippen LogP contribution in [0.5, 0.6) is 0 Å². The van der Waals surface area contributed by atoms with Crippen LogP contribution in [-0.4, -0.2) is 57.7 Å². The third-order valence-corrected chi connectivity index (χ3v) is 5.69. The Hall–Kier alpha value is -2.58. The summed E-state index contributed by atoms with van der Waals surface area (Å²) in [6.45, 7) is -0.138. The Bertz CT molecular complexity index is 853. The molecule has 1 aliphatic rings. The van der Waals surface area contributed by atoms with Gasteiger partial charge in [-0.3, -0.25) is 0 Å². The van der Waals surface area contributed by atoms with Gasteiger partial charge < -0.3 is 29.9 Å². The van der Waals surface area contributed by atoms with Crippen molar-refractivity contribution in [2.24, 2.45) is 0 Å². The van der Waals surface area contributed by atoms with Crippen molar-refractivity contribution in [1.82, 2.24) is 0 Å². The van der Waals surface area contributed by atoms with E-state index < -0.39 is 36.3 Å². The van der Waals surface area contributed by atoms with E-state index in [-0.39, 0.29) is 6.61 Å². The van der Waals surface area contributed by atoms with E-state index in [1.54, 1.807) is 0 Å². The van der Waals surface area contributed by atoms with Crippen molar-refractivity contribution in [1.29, 1.82) is 0 Å². The van der Waals surface area contributed by atoms with Crippen molar-refractivity contribution in [2.45, 2.75) is 36.3 Å². The van der Waals surface area contributed by atoms with Gasteiger partial charge in [-0.25, -0.2) is 0 Å². The lowest BCUT2D eigenvalue weighted by Gasteiger charge is -2.41. The second-order valence-electron chi connectivity index (χ2n) is 7.63. The Kier molecular flexibility index (Phi) is 6.48. The van der Waals surface area contributed by atoms with Gasteiger partial charge in [0.05, 0.1) is 6.61 Å². The first kappa shape index (κ1) is 21.6. The van der Waals surface area contributed by atoms with E-state index in [1.807, 2.05) is 91.0 Å². The molecule has 6 nitrogen and oxygen atoms in total. The molecule has 1 aliphatic heterocycles. The van der Waals surface area contributed by atoms with Gasteiger partial charge in [0.2, 0.25) is 0 Å². The molecule has 0 bridgehead atoms. The first-order valence-corrected chi connectivity index (χ1v) is 10.2. The Morgan fingerprint density at radius 2 is 1.03 bits per heavy atom. The maximum atomic E-state index is 10.4. The van der Waals surface area contributed by atoms with Crippen LogP contribution >= 0.6 is 0 Å². The number of ether oxygens (including phenoxy) is 2. The Morgan fingerprint density at radius 1 is 0.613 bits per heavy atom. The molecule has 0 saturated carbocycles. The third kappa shape index (κ3) is 4.14. The van der Waals surface area contributed by atoms with Crippen molar-refractivity contribution in [3.8, 4) is 0 Å². The molecule has 5 atom stereocenters. The molecule has 162 valence electrons. The van der Waals surface area contributed by atoms with Crippen molar-refractivity contribution >= 4 is 0 Å². The lowest BCUT2D eigenvalue weighted by molar-refractivity contribution is -0.291. The number of aliphatic hydroxyl groups excluding tert-OH is 4. The highest BCUT2D eigenvalue weighted by molar-refractivity contribution is 5.47. The fourth-order valence-corrected chi connectivity index (χ4v) is 4.04. The van der Waals surface area contributed by atoms with Crippen LogP contribution in [0.4, 0.5) is 0 Å². The van der Waals surface area contributed by atoms with Crippen molar-refractivity contribution < 1.29 is 29.9 Å². The van der Waals surface area contributed by atoms with Crippen molar-refractivity contribution in [3.63, 3.8) is 0 Å². The zero-order valence-electron chi connectivity index (χ0n) is 16.9. The summed E-state index contributed by atoms with van der Waals surface area (Å²) in [6.07, 6.45) is -7.21. The highest BCUT2D eigenvalue weighted by atomic mass is 16.6. The highest BCUT2D eigenvalue weighted by Crippen LogP contribution is 2.41. The molecule has 0 amide bonds. The molecule has 1 saturated heterocycles. The van der Waals surface area contributed by atoms with E-state index in [2.05, 4.69) is 0 Å². The van der Waals surface area contributed by atoms with Gasteiger partial charge in [0.1, 0.15) is 30.0 Å². The number of benzene rings is 3. The second kappa shape index (κ2) is 9.28. The summed E-state index contributed by atoms with van der Waals surface area (Å²) in [4.78, 5) is 0. The molecule has 4 N–H and O–H groups in total. The van der Waals surface area contributed by atoms with Crippen LogP contribution in [0, 0.1) is 0 Å². The number of rotatable bonds is 6. The molecule has 0 aliphatic carbocycles. The Morgan fingerprint density at radius 3 is 1.45 bits per heavy atom. The molecule has 1 fully saturated rings. The molecule has 3 aromatic rings. The Labute approximate surface area is 180 Å². The first-order valence-electron chi connectivity index (χ1n) is 10.2. The molecule has 6 heteroatoms. The van der Waals surface area contributed by atoms with E-state index in [0.29, 0.717) is 0 Å². The largest absolute Gasteiger partial charge is 0.387 e. The van der Waals surface area contributed by atoms with Gasteiger partial charge in [-0.2, -0.15) is 0 Å². The molecule has 4 rings (SSSR count). The summed E-state index contributed by atoms with van der Waals surface area (Å²) in [5, 5.41) is 40.2. The second-order valence-corrected chi connectivity index (χ2v) is 7.63. The van der Waals surface area contributed by atoms with Crippen LogP contribution in [0.15, 0.2) is 91.0 Å². The summed E-state index contributed by atoms with van der Waals surface area (Å²) < 4.78 is 11.9. The summed E-state index contributed by atoms with van der Waals surface area (Å²) in [5.74, 6) is 0. The molecular formula is C25H26O6. The van der Waals surface area contributed by atoms with Crippen LogP contribution < -0.4 is 0 Å². The van der Waals surface area contributed by atoms with E-state index in [0.717, 1.165) is 16.7 Å². The van der Waals surface area contributed by atoms with E-state index >= 15 is 0 Å². The summed E-state index contributed by atoms with van der Waals surface area (Å²) >= 11 is 0. The molecule has 0 aromatic heterocycles. The number of hydrogen-bond donors (Lipinski definition) is 4. The van der Waals surface area contributed by atoms with Gasteiger partial charge in [-0.05, 0) is 16.7 Å². The average molecular weight is 422 g/mol. The monoisotopic (exact) mass is 422 g/mol. The van der Waals surface area contributed by atoms with Gasteiger partial charge in [-0.1, -0.05) is 91.0 Å². The SMILES string of the molecule is OC1O[C@H](COC(c2ccccc2)(c2ccccc2)c2ccccc2)[C@H](O)[C@H](O)[C@@H]1O. The van der Waals surface area contributed by atoms with Crippen molar-refractivity contribution in [3.05, 3.63) is 108 Å². The predicted octanol–water partition coefficient (Wildman–Crippen LogP) is 1.79. The molecule has 0 radical (unpaired) electrons. The van der Waals surface area contributed by atoms with Crippen molar-refractivity contribution in [2.75, 3.05) is 6.61 Å². The average Bonchev–Trinajstić information content (AvgIpc) is 2.83. The minimum absolute atomic E-state index is 0.138. The van der Waals surface area contributed by atoms with Gasteiger partial charge in [0.15, 0.2) is 6.29 Å². The van der Waals surface area contributed by atoms with Gasteiger partial charge in [0, 0.05) is 0 Å². The van der Waals surface area contributed by atoms with E-state index in [9.17, 15) is 20.4 Å². The van der Waals surface area contributed by atoms with Crippen LogP contribution in [0.3, 0.4) is 0 Å². The minimum atomic E-state index is -1.62. The minimum Gasteiger partial charge on any atom is -0.387 e. The third-order valence-electron chi connectivity index (χ3n) is 5.69. The van der Waals surface area contributed by atoms with Crippen LogP contribution in [0.1, 0.15) is 16.7 Å². The van der Waals surface area contributed by atoms with Gasteiger partial charge in [0.25, 0.3) is 0 Å². The van der Waals surface area contributed by atoms with E-state index in [1.165, 1.54) is 0 Å². The molecule has 31 heavy (non-hydrogen) atoms. The fourth-order valence-electron chi connectivity index (χ4n) is 4.04. The van der Waals surface area contributed by atoms with Crippen LogP contribution in [0.2, 0.25) is 0 Å². The summed E-state index contributed by atoms with van der Waals surface area (Å²) in [7, 11) is 0. The maximum absolute atomic E-state index is 10.4. The lowest BCUT2D eigenvalue weighted by Crippen LogP contribution is -2.59. The zero-order valence-corrected chi connectivity index (χ0v) is 16.9. The number of hydrogen-bond acceptors (Lipinski definition) is 6. The predicted molar refractivity (Wildman–Crippen MR) is 114 cm³/mol. The van der Waals surface area contributed by atoms with Crippen LogP contribution in [0.25, 0.3) is 0 Å². The number of aliphatic hydroxyl groups is 4. The smallest absolute Gasteiger partial charge is 0.184 e. The Balaban J connectivity index is 1.78. The molecule has 1 heterocycles. The molecule has 0 spiro atoms.